The summed E-state index contributed by atoms with van der Waals surface area (Å²) in [5, 5.41) is 2.98. The Kier molecular flexibility index (Phi) is 5.77. The molecule has 5 nitrogen and oxygen atoms in total. The molecule has 0 aliphatic carbocycles. The molecular formula is C12H21FN4O. The number of hydrogen-bond donors (Lipinski definition) is 1. The van der Waals surface area contributed by atoms with Gasteiger partial charge in [0.1, 0.15) is 0 Å². The molecule has 0 saturated heterocycles. The van der Waals surface area contributed by atoms with Crippen molar-refractivity contribution in [3.8, 4) is 0 Å². The van der Waals surface area contributed by atoms with Gasteiger partial charge in [-0.2, -0.15) is 4.98 Å². The molecule has 1 aromatic heterocycles. The highest BCUT2D eigenvalue weighted by Gasteiger charge is 2.17. The Morgan fingerprint density at radius 2 is 2.22 bits per heavy atom. The third-order valence-electron chi connectivity index (χ3n) is 2.49. The number of methoxy groups -OCH3 is 1. The van der Waals surface area contributed by atoms with Crippen molar-refractivity contribution < 1.29 is 9.13 Å². The highest BCUT2D eigenvalue weighted by molar-refractivity contribution is 5.44. The first-order valence-corrected chi connectivity index (χ1v) is 6.12. The quantitative estimate of drug-likeness (QED) is 0.807. The predicted molar refractivity (Wildman–Crippen MR) is 70.5 cm³/mol. The van der Waals surface area contributed by atoms with Gasteiger partial charge in [-0.1, -0.05) is 0 Å². The molecule has 102 valence electrons. The summed E-state index contributed by atoms with van der Waals surface area (Å²) < 4.78 is 18.9. The summed E-state index contributed by atoms with van der Waals surface area (Å²) in [5.74, 6) is 0.339. The van der Waals surface area contributed by atoms with Gasteiger partial charge in [0, 0.05) is 26.2 Å². The standard InChI is InChI=1S/C12H21FN4O/c1-5-14-12-15-8-10(13)11(16-12)17(9(2)3)6-7-18-4/h8-9H,5-7H2,1-4H3,(H,14,15,16). The van der Waals surface area contributed by atoms with Crippen LogP contribution in [0.25, 0.3) is 0 Å². The lowest BCUT2D eigenvalue weighted by molar-refractivity contribution is 0.203. The van der Waals surface area contributed by atoms with E-state index >= 15 is 0 Å². The first-order valence-electron chi connectivity index (χ1n) is 6.12. The number of nitrogens with one attached hydrogen (secondary N) is 1. The van der Waals surface area contributed by atoms with Crippen molar-refractivity contribution in [1.82, 2.24) is 9.97 Å². The molecule has 0 aromatic carbocycles. The second-order valence-electron chi connectivity index (χ2n) is 4.18. The van der Waals surface area contributed by atoms with Gasteiger partial charge in [0.15, 0.2) is 11.6 Å². The number of rotatable bonds is 7. The number of nitrogens with zero attached hydrogens (tertiary/aromatic N) is 3. The summed E-state index contributed by atoms with van der Waals surface area (Å²) in [6.45, 7) is 7.74. The maximum Gasteiger partial charge on any atom is 0.224 e. The van der Waals surface area contributed by atoms with E-state index in [4.69, 9.17) is 4.74 Å². The number of anilines is 2. The summed E-state index contributed by atoms with van der Waals surface area (Å²) >= 11 is 0. The lowest BCUT2D eigenvalue weighted by Gasteiger charge is -2.27. The van der Waals surface area contributed by atoms with Crippen LogP contribution in [0.2, 0.25) is 0 Å². The van der Waals surface area contributed by atoms with E-state index in [9.17, 15) is 4.39 Å². The average molecular weight is 256 g/mol. The van der Waals surface area contributed by atoms with Crippen LogP contribution in [-0.4, -0.2) is 42.8 Å². The molecular weight excluding hydrogens is 235 g/mol. The van der Waals surface area contributed by atoms with Gasteiger partial charge in [-0.25, -0.2) is 9.37 Å². The normalized spacial score (nSPS) is 10.8. The van der Waals surface area contributed by atoms with Gasteiger partial charge in [-0.05, 0) is 20.8 Å². The zero-order valence-electron chi connectivity index (χ0n) is 11.4. The molecule has 18 heavy (non-hydrogen) atoms. The Morgan fingerprint density at radius 1 is 1.50 bits per heavy atom. The molecule has 0 aliphatic heterocycles. The topological polar surface area (TPSA) is 50.3 Å². The zero-order chi connectivity index (χ0) is 13.5. The van der Waals surface area contributed by atoms with Crippen molar-refractivity contribution in [3.63, 3.8) is 0 Å². The van der Waals surface area contributed by atoms with E-state index in [0.29, 0.717) is 31.5 Å². The minimum atomic E-state index is -0.415. The molecule has 0 saturated carbocycles. The molecule has 0 fully saturated rings. The monoisotopic (exact) mass is 256 g/mol. The molecule has 6 heteroatoms. The molecule has 0 atom stereocenters. The molecule has 1 N–H and O–H groups in total. The molecule has 1 rings (SSSR count). The molecule has 0 radical (unpaired) electrons. The summed E-state index contributed by atoms with van der Waals surface area (Å²) in [5.41, 5.74) is 0. The largest absolute Gasteiger partial charge is 0.383 e. The van der Waals surface area contributed by atoms with Gasteiger partial charge in [0.05, 0.1) is 12.8 Å². The van der Waals surface area contributed by atoms with Crippen molar-refractivity contribution in [3.05, 3.63) is 12.0 Å². The van der Waals surface area contributed by atoms with Crippen LogP contribution in [0, 0.1) is 5.82 Å². The smallest absolute Gasteiger partial charge is 0.224 e. The van der Waals surface area contributed by atoms with Gasteiger partial charge >= 0.3 is 0 Å². The predicted octanol–water partition coefficient (Wildman–Crippen LogP) is 1.91. The van der Waals surface area contributed by atoms with Gasteiger partial charge in [0.25, 0.3) is 0 Å². The number of hydrogen-bond acceptors (Lipinski definition) is 5. The van der Waals surface area contributed by atoms with E-state index in [1.54, 1.807) is 7.11 Å². The van der Waals surface area contributed by atoms with Gasteiger partial charge in [-0.3, -0.25) is 0 Å². The molecule has 0 aliphatic rings. The van der Waals surface area contributed by atoms with Crippen LogP contribution >= 0.6 is 0 Å². The number of aromatic nitrogens is 2. The van der Waals surface area contributed by atoms with Gasteiger partial charge in [-0.15, -0.1) is 0 Å². The van der Waals surface area contributed by atoms with Crippen molar-refractivity contribution in [2.45, 2.75) is 26.8 Å². The first kappa shape index (κ1) is 14.6. The van der Waals surface area contributed by atoms with E-state index in [0.717, 1.165) is 0 Å². The van der Waals surface area contributed by atoms with E-state index in [2.05, 4.69) is 15.3 Å². The van der Waals surface area contributed by atoms with Crippen LogP contribution in [-0.2, 0) is 4.74 Å². The molecule has 0 unspecified atom stereocenters. The molecule has 0 amide bonds. The second-order valence-corrected chi connectivity index (χ2v) is 4.18. The fraction of sp³-hybridized carbons (Fsp3) is 0.667. The Morgan fingerprint density at radius 3 is 2.78 bits per heavy atom. The molecule has 1 heterocycles. The second kappa shape index (κ2) is 7.10. The third-order valence-corrected chi connectivity index (χ3v) is 2.49. The maximum absolute atomic E-state index is 13.8. The van der Waals surface area contributed by atoms with Crippen molar-refractivity contribution >= 4 is 11.8 Å². The summed E-state index contributed by atoms with van der Waals surface area (Å²) in [7, 11) is 1.62. The SMILES string of the molecule is CCNc1ncc(F)c(N(CCOC)C(C)C)n1. The molecule has 1 aromatic rings. The Hall–Kier alpha value is -1.43. The highest BCUT2D eigenvalue weighted by Crippen LogP contribution is 2.19. The Labute approximate surface area is 107 Å². The van der Waals surface area contributed by atoms with Crippen LogP contribution in [0.1, 0.15) is 20.8 Å². The lowest BCUT2D eigenvalue weighted by Crippen LogP contribution is -2.35. The zero-order valence-corrected chi connectivity index (χ0v) is 11.4. The number of ether oxygens (including phenoxy) is 1. The lowest BCUT2D eigenvalue weighted by atomic mass is 10.3. The maximum atomic E-state index is 13.8. The summed E-state index contributed by atoms with van der Waals surface area (Å²) in [6.07, 6.45) is 1.20. The first-order chi connectivity index (χ1) is 8.60. The minimum Gasteiger partial charge on any atom is -0.383 e. The molecule has 0 spiro atoms. The third kappa shape index (κ3) is 3.80. The van der Waals surface area contributed by atoms with E-state index in [1.165, 1.54) is 6.20 Å². The van der Waals surface area contributed by atoms with Crippen LogP contribution in [0.5, 0.6) is 0 Å². The fourth-order valence-electron chi connectivity index (χ4n) is 1.60. The highest BCUT2D eigenvalue weighted by atomic mass is 19.1. The van der Waals surface area contributed by atoms with Crippen LogP contribution in [0.15, 0.2) is 6.20 Å². The Bertz CT molecular complexity index is 373. The van der Waals surface area contributed by atoms with Crippen LogP contribution < -0.4 is 10.2 Å². The average Bonchev–Trinajstić information content (AvgIpc) is 2.33. The summed E-state index contributed by atoms with van der Waals surface area (Å²) in [6, 6.07) is 0.138. The van der Waals surface area contributed by atoms with Crippen molar-refractivity contribution in [2.24, 2.45) is 0 Å². The molecule has 0 bridgehead atoms. The van der Waals surface area contributed by atoms with E-state index in [1.807, 2.05) is 25.7 Å². The van der Waals surface area contributed by atoms with Crippen molar-refractivity contribution in [1.29, 1.82) is 0 Å². The summed E-state index contributed by atoms with van der Waals surface area (Å²) in [4.78, 5) is 9.97. The van der Waals surface area contributed by atoms with Gasteiger partial charge in [0.2, 0.25) is 5.95 Å². The van der Waals surface area contributed by atoms with E-state index in [-0.39, 0.29) is 6.04 Å². The van der Waals surface area contributed by atoms with Gasteiger partial charge < -0.3 is 15.0 Å². The van der Waals surface area contributed by atoms with Crippen LogP contribution in [0.3, 0.4) is 0 Å². The van der Waals surface area contributed by atoms with Crippen molar-refractivity contribution in [2.75, 3.05) is 37.0 Å². The van der Waals surface area contributed by atoms with E-state index < -0.39 is 5.82 Å². The fourth-order valence-corrected chi connectivity index (χ4v) is 1.60. The number of halogens is 1. The Balaban J connectivity index is 2.97. The van der Waals surface area contributed by atoms with Crippen LogP contribution in [0.4, 0.5) is 16.2 Å². The minimum absolute atomic E-state index is 0.138.